The molecule has 0 aliphatic heterocycles. The Balaban J connectivity index is 2.33. The van der Waals surface area contributed by atoms with E-state index in [4.69, 9.17) is 0 Å². The van der Waals surface area contributed by atoms with Crippen LogP contribution in [0.4, 0.5) is 0 Å². The largest absolute Gasteiger partial charge is 0.0798 e. The third-order valence-corrected chi connectivity index (χ3v) is 5.66. The van der Waals surface area contributed by atoms with Gasteiger partial charge in [-0.1, -0.05) is 78.0 Å². The van der Waals surface area contributed by atoms with E-state index in [1.54, 1.807) is 0 Å². The molecule has 2 aromatic rings. The smallest absolute Gasteiger partial charge is 0.00853 e. The van der Waals surface area contributed by atoms with Crippen LogP contribution in [0.25, 0.3) is 16.8 Å². The van der Waals surface area contributed by atoms with Crippen molar-refractivity contribution in [2.45, 2.75) is 67.2 Å². The Hall–Kier alpha value is -1.82. The standard InChI is InChI=1S/C25H32/c1-16-20-11-9-10-18(24(3,4)5)14-22(20)17(2)21-13-12-19(15-23(16)21)25(6,7)8/h9-10,12-15H,11H2,1-8H3. The average Bonchev–Trinajstić information content (AvgIpc) is 2.74. The SMILES string of the molecule is Cc1c2c(c(C)c3cc(C(C)(C)C)ccc13)CC=CC(C(C)(C)C)=C2. The van der Waals surface area contributed by atoms with E-state index in [1.807, 2.05) is 0 Å². The summed E-state index contributed by atoms with van der Waals surface area (Å²) in [5.41, 5.74) is 8.97. The van der Waals surface area contributed by atoms with Crippen LogP contribution >= 0.6 is 0 Å². The van der Waals surface area contributed by atoms with Crippen LogP contribution in [0, 0.1) is 19.3 Å². The predicted octanol–water partition coefficient (Wildman–Crippen LogP) is 7.30. The molecule has 0 atom stereocenters. The third kappa shape index (κ3) is 3.19. The van der Waals surface area contributed by atoms with Gasteiger partial charge in [-0.05, 0) is 75.3 Å². The van der Waals surface area contributed by atoms with Crippen LogP contribution in [-0.4, -0.2) is 0 Å². The van der Waals surface area contributed by atoms with Crippen molar-refractivity contribution in [2.75, 3.05) is 0 Å². The number of rotatable bonds is 0. The molecule has 2 aromatic carbocycles. The number of aryl methyl sites for hydroxylation is 2. The Morgan fingerprint density at radius 2 is 1.48 bits per heavy atom. The molecule has 0 bridgehead atoms. The maximum atomic E-state index is 2.43. The minimum absolute atomic E-state index is 0.170. The van der Waals surface area contributed by atoms with Gasteiger partial charge in [0.1, 0.15) is 0 Å². The Morgan fingerprint density at radius 1 is 0.800 bits per heavy atom. The molecule has 0 heteroatoms. The van der Waals surface area contributed by atoms with E-state index in [0.717, 1.165) is 6.42 Å². The number of hydrogen-bond acceptors (Lipinski definition) is 0. The molecular formula is C25H32. The lowest BCUT2D eigenvalue weighted by Crippen LogP contribution is -2.11. The van der Waals surface area contributed by atoms with Crippen molar-refractivity contribution < 1.29 is 0 Å². The Labute approximate surface area is 153 Å². The van der Waals surface area contributed by atoms with E-state index in [-0.39, 0.29) is 10.8 Å². The minimum Gasteiger partial charge on any atom is -0.0798 e. The highest BCUT2D eigenvalue weighted by atomic mass is 14.3. The molecule has 0 fully saturated rings. The summed E-state index contributed by atoms with van der Waals surface area (Å²) in [5.74, 6) is 0. The molecule has 0 spiro atoms. The zero-order chi connectivity index (χ0) is 18.6. The maximum Gasteiger partial charge on any atom is -0.00853 e. The first-order valence-electron chi connectivity index (χ1n) is 9.45. The van der Waals surface area contributed by atoms with E-state index < -0.39 is 0 Å². The van der Waals surface area contributed by atoms with Crippen molar-refractivity contribution in [3.8, 4) is 0 Å². The summed E-state index contributed by atoms with van der Waals surface area (Å²) in [7, 11) is 0. The van der Waals surface area contributed by atoms with Gasteiger partial charge in [-0.15, -0.1) is 0 Å². The normalized spacial score (nSPS) is 15.1. The fourth-order valence-corrected chi connectivity index (χ4v) is 3.82. The van der Waals surface area contributed by atoms with Crippen LogP contribution < -0.4 is 0 Å². The highest BCUT2D eigenvalue weighted by Gasteiger charge is 2.21. The lowest BCUT2D eigenvalue weighted by Gasteiger charge is -2.23. The summed E-state index contributed by atoms with van der Waals surface area (Å²) in [4.78, 5) is 0. The minimum atomic E-state index is 0.170. The van der Waals surface area contributed by atoms with E-state index in [0.29, 0.717) is 0 Å². The number of fused-ring (bicyclic) bond motifs is 2. The zero-order valence-electron chi connectivity index (χ0n) is 17.2. The van der Waals surface area contributed by atoms with Gasteiger partial charge in [0.05, 0.1) is 0 Å². The van der Waals surface area contributed by atoms with E-state index in [1.165, 1.54) is 44.2 Å². The van der Waals surface area contributed by atoms with E-state index >= 15 is 0 Å². The van der Waals surface area contributed by atoms with Crippen molar-refractivity contribution in [2.24, 2.45) is 5.41 Å². The summed E-state index contributed by atoms with van der Waals surface area (Å²) in [6.45, 7) is 18.4. The van der Waals surface area contributed by atoms with Crippen molar-refractivity contribution in [1.29, 1.82) is 0 Å². The van der Waals surface area contributed by atoms with Crippen LogP contribution in [0.15, 0.2) is 35.9 Å². The van der Waals surface area contributed by atoms with E-state index in [9.17, 15) is 0 Å². The predicted molar refractivity (Wildman–Crippen MR) is 112 cm³/mol. The third-order valence-electron chi connectivity index (χ3n) is 5.66. The highest BCUT2D eigenvalue weighted by molar-refractivity contribution is 5.94. The highest BCUT2D eigenvalue weighted by Crippen LogP contribution is 2.38. The summed E-state index contributed by atoms with van der Waals surface area (Å²) >= 11 is 0. The number of hydrogen-bond donors (Lipinski definition) is 0. The fraction of sp³-hybridized carbons (Fsp3) is 0.440. The molecule has 25 heavy (non-hydrogen) atoms. The monoisotopic (exact) mass is 332 g/mol. The van der Waals surface area contributed by atoms with Gasteiger partial charge in [-0.25, -0.2) is 0 Å². The Morgan fingerprint density at radius 3 is 2.08 bits per heavy atom. The van der Waals surface area contributed by atoms with Crippen molar-refractivity contribution in [3.05, 3.63) is 63.7 Å². The molecule has 0 saturated heterocycles. The molecule has 1 aliphatic carbocycles. The fourth-order valence-electron chi connectivity index (χ4n) is 3.82. The molecular weight excluding hydrogens is 300 g/mol. The molecule has 0 saturated carbocycles. The Bertz CT molecular complexity index is 890. The second-order valence-electron chi connectivity index (χ2n) is 9.61. The molecule has 0 amide bonds. The summed E-state index contributed by atoms with van der Waals surface area (Å²) in [5, 5.41) is 2.82. The lowest BCUT2D eigenvalue weighted by atomic mass is 9.81. The first-order chi connectivity index (χ1) is 11.5. The van der Waals surface area contributed by atoms with Gasteiger partial charge in [0.2, 0.25) is 0 Å². The van der Waals surface area contributed by atoms with Gasteiger partial charge in [0, 0.05) is 0 Å². The summed E-state index contributed by atoms with van der Waals surface area (Å²) in [6, 6.07) is 7.06. The number of benzene rings is 2. The molecule has 0 nitrogen and oxygen atoms in total. The molecule has 132 valence electrons. The van der Waals surface area contributed by atoms with Crippen molar-refractivity contribution in [3.63, 3.8) is 0 Å². The second-order valence-corrected chi connectivity index (χ2v) is 9.61. The van der Waals surface area contributed by atoms with Crippen LogP contribution in [0.2, 0.25) is 0 Å². The van der Waals surface area contributed by atoms with Crippen LogP contribution in [0.1, 0.15) is 69.4 Å². The number of allylic oxidation sites excluding steroid dienone is 3. The van der Waals surface area contributed by atoms with Gasteiger partial charge in [-0.3, -0.25) is 0 Å². The first-order valence-corrected chi connectivity index (χ1v) is 9.45. The molecule has 0 N–H and O–H groups in total. The molecule has 0 radical (unpaired) electrons. The quantitative estimate of drug-likeness (QED) is 0.475. The van der Waals surface area contributed by atoms with E-state index in [2.05, 4.69) is 91.8 Å². The summed E-state index contributed by atoms with van der Waals surface area (Å²) < 4.78 is 0. The van der Waals surface area contributed by atoms with Crippen LogP contribution in [-0.2, 0) is 11.8 Å². The Kier molecular flexibility index (Phi) is 4.22. The van der Waals surface area contributed by atoms with Crippen LogP contribution in [0.5, 0.6) is 0 Å². The van der Waals surface area contributed by atoms with Gasteiger partial charge in [0.15, 0.2) is 0 Å². The first kappa shape index (κ1) is 18.0. The lowest BCUT2D eigenvalue weighted by molar-refractivity contribution is 0.520. The molecule has 0 heterocycles. The summed E-state index contributed by atoms with van der Waals surface area (Å²) in [6.07, 6.45) is 8.12. The van der Waals surface area contributed by atoms with Crippen LogP contribution in [0.3, 0.4) is 0 Å². The topological polar surface area (TPSA) is 0 Å². The molecule has 0 aromatic heterocycles. The van der Waals surface area contributed by atoms with Crippen molar-refractivity contribution in [1.82, 2.24) is 0 Å². The van der Waals surface area contributed by atoms with Gasteiger partial charge in [0.25, 0.3) is 0 Å². The van der Waals surface area contributed by atoms with Crippen molar-refractivity contribution >= 4 is 16.8 Å². The second kappa shape index (κ2) is 5.87. The van der Waals surface area contributed by atoms with Gasteiger partial charge >= 0.3 is 0 Å². The molecule has 0 unspecified atom stereocenters. The maximum absolute atomic E-state index is 2.43. The molecule has 1 aliphatic rings. The average molecular weight is 333 g/mol. The zero-order valence-corrected chi connectivity index (χ0v) is 17.2. The van der Waals surface area contributed by atoms with Gasteiger partial charge in [-0.2, -0.15) is 0 Å². The van der Waals surface area contributed by atoms with Gasteiger partial charge < -0.3 is 0 Å². The molecule has 3 rings (SSSR count).